The molecule has 0 heterocycles. The molecule has 0 bridgehead atoms. The third kappa shape index (κ3) is 3.50. The molecule has 0 fully saturated rings. The number of rotatable bonds is 3. The van der Waals surface area contributed by atoms with Gasteiger partial charge in [0.25, 0.3) is 5.91 Å². The second-order valence-electron chi connectivity index (χ2n) is 4.42. The predicted molar refractivity (Wildman–Crippen MR) is 65.8 cm³/mol. The van der Waals surface area contributed by atoms with Crippen LogP contribution < -0.4 is 5.32 Å². The maximum atomic E-state index is 13.5. The van der Waals surface area contributed by atoms with E-state index in [0.29, 0.717) is 0 Å². The summed E-state index contributed by atoms with van der Waals surface area (Å²) in [6, 6.07) is 3.99. The molecule has 0 aliphatic heterocycles. The number of nitrogens with one attached hydrogen (secondary N) is 1. The molecule has 1 aromatic rings. The number of benzene rings is 1. The van der Waals surface area contributed by atoms with E-state index in [4.69, 9.17) is 5.26 Å². The second kappa shape index (κ2) is 5.44. The number of carbonyl (C=O) groups excluding carboxylic acids is 1. The van der Waals surface area contributed by atoms with Crippen LogP contribution in [0.5, 0.6) is 0 Å². The normalized spacial score (nSPS) is 10.9. The first-order valence-electron chi connectivity index (χ1n) is 5.11. The monoisotopic (exact) mass is 316 g/mol. The van der Waals surface area contributed by atoms with Crippen LogP contribution in [0.1, 0.15) is 24.2 Å². The van der Waals surface area contributed by atoms with Crippen LogP contribution in [-0.4, -0.2) is 12.5 Å². The van der Waals surface area contributed by atoms with E-state index in [1.165, 1.54) is 0 Å². The minimum Gasteiger partial charge on any atom is -0.350 e. The zero-order valence-electron chi connectivity index (χ0n) is 9.85. The van der Waals surface area contributed by atoms with E-state index in [0.717, 1.165) is 12.1 Å². The average Bonchev–Trinajstić information content (AvgIpc) is 2.25. The third-order valence-corrected chi connectivity index (χ3v) is 2.69. The summed E-state index contributed by atoms with van der Waals surface area (Å²) in [5, 5.41) is 11.1. The van der Waals surface area contributed by atoms with E-state index >= 15 is 0 Å². The fraction of sp³-hybridized carbons (Fsp3) is 0.333. The standard InChI is InChI=1S/C12H11BrF2N2O/c1-12(2,5-16)6-17-11(18)10-8(14)3-7(13)4-9(10)15/h3-4H,6H2,1-2H3,(H,17,18). The number of hydrogen-bond donors (Lipinski definition) is 1. The van der Waals surface area contributed by atoms with Crippen LogP contribution in [0.25, 0.3) is 0 Å². The third-order valence-electron chi connectivity index (χ3n) is 2.23. The summed E-state index contributed by atoms with van der Waals surface area (Å²) in [5.74, 6) is -2.77. The van der Waals surface area contributed by atoms with E-state index in [2.05, 4.69) is 21.2 Å². The molecule has 0 radical (unpaired) electrons. The zero-order valence-corrected chi connectivity index (χ0v) is 11.4. The molecule has 1 aromatic carbocycles. The zero-order chi connectivity index (χ0) is 13.9. The van der Waals surface area contributed by atoms with Crippen LogP contribution in [-0.2, 0) is 0 Å². The lowest BCUT2D eigenvalue weighted by Gasteiger charge is -2.16. The number of nitriles is 1. The fourth-order valence-corrected chi connectivity index (χ4v) is 1.59. The van der Waals surface area contributed by atoms with E-state index in [1.54, 1.807) is 13.8 Å². The highest BCUT2D eigenvalue weighted by Gasteiger charge is 2.22. The highest BCUT2D eigenvalue weighted by molar-refractivity contribution is 9.10. The lowest BCUT2D eigenvalue weighted by Crippen LogP contribution is -2.34. The molecule has 1 rings (SSSR count). The Morgan fingerprint density at radius 1 is 1.44 bits per heavy atom. The van der Waals surface area contributed by atoms with E-state index in [-0.39, 0.29) is 11.0 Å². The molecule has 96 valence electrons. The lowest BCUT2D eigenvalue weighted by molar-refractivity contribution is 0.0935. The van der Waals surface area contributed by atoms with Gasteiger partial charge in [-0.15, -0.1) is 0 Å². The topological polar surface area (TPSA) is 52.9 Å². The maximum absolute atomic E-state index is 13.5. The molecule has 1 N–H and O–H groups in total. The van der Waals surface area contributed by atoms with Crippen molar-refractivity contribution in [3.63, 3.8) is 0 Å². The number of hydrogen-bond acceptors (Lipinski definition) is 2. The summed E-state index contributed by atoms with van der Waals surface area (Å²) < 4.78 is 27.1. The van der Waals surface area contributed by atoms with Gasteiger partial charge < -0.3 is 5.32 Å². The minimum absolute atomic E-state index is 0.0112. The first kappa shape index (κ1) is 14.6. The largest absolute Gasteiger partial charge is 0.350 e. The summed E-state index contributed by atoms with van der Waals surface area (Å²) in [6.07, 6.45) is 0. The fourth-order valence-electron chi connectivity index (χ4n) is 1.19. The highest BCUT2D eigenvalue weighted by atomic mass is 79.9. The summed E-state index contributed by atoms with van der Waals surface area (Å²) in [7, 11) is 0. The molecule has 0 aliphatic rings. The molecule has 0 atom stereocenters. The quantitative estimate of drug-likeness (QED) is 0.932. The van der Waals surface area contributed by atoms with Crippen molar-refractivity contribution < 1.29 is 13.6 Å². The molecule has 0 unspecified atom stereocenters. The Kier molecular flexibility index (Phi) is 4.41. The van der Waals surface area contributed by atoms with Gasteiger partial charge in [0.05, 0.1) is 11.5 Å². The number of nitrogens with zero attached hydrogens (tertiary/aromatic N) is 1. The Morgan fingerprint density at radius 2 is 1.94 bits per heavy atom. The molecule has 1 amide bonds. The van der Waals surface area contributed by atoms with Crippen LogP contribution in [0, 0.1) is 28.4 Å². The molecule has 3 nitrogen and oxygen atoms in total. The number of amides is 1. The first-order valence-corrected chi connectivity index (χ1v) is 5.90. The maximum Gasteiger partial charge on any atom is 0.257 e. The molecular weight excluding hydrogens is 306 g/mol. The molecule has 6 heteroatoms. The molecular formula is C12H11BrF2N2O. The van der Waals surface area contributed by atoms with Crippen LogP contribution in [0.15, 0.2) is 16.6 Å². The van der Waals surface area contributed by atoms with E-state index in [1.807, 2.05) is 6.07 Å². The van der Waals surface area contributed by atoms with Crippen molar-refractivity contribution in [3.8, 4) is 6.07 Å². The molecule has 0 spiro atoms. The smallest absolute Gasteiger partial charge is 0.257 e. The summed E-state index contributed by atoms with van der Waals surface area (Å²) in [6.45, 7) is 3.24. The van der Waals surface area contributed by atoms with E-state index < -0.39 is 28.5 Å². The van der Waals surface area contributed by atoms with Gasteiger partial charge in [0.1, 0.15) is 17.2 Å². The van der Waals surface area contributed by atoms with Gasteiger partial charge in [-0.05, 0) is 26.0 Å². The van der Waals surface area contributed by atoms with Crippen LogP contribution in [0.3, 0.4) is 0 Å². The molecule has 0 aliphatic carbocycles. The first-order chi connectivity index (χ1) is 8.26. The number of carbonyl (C=O) groups is 1. The van der Waals surface area contributed by atoms with Crippen molar-refractivity contribution in [3.05, 3.63) is 33.8 Å². The molecule has 0 aromatic heterocycles. The second-order valence-corrected chi connectivity index (χ2v) is 5.34. The van der Waals surface area contributed by atoms with Gasteiger partial charge in [-0.25, -0.2) is 8.78 Å². The van der Waals surface area contributed by atoms with Crippen LogP contribution >= 0.6 is 15.9 Å². The summed E-state index contributed by atoms with van der Waals surface area (Å²) >= 11 is 2.92. The van der Waals surface area contributed by atoms with Gasteiger partial charge in [0.2, 0.25) is 0 Å². The van der Waals surface area contributed by atoms with Gasteiger partial charge >= 0.3 is 0 Å². The van der Waals surface area contributed by atoms with Crippen molar-refractivity contribution >= 4 is 21.8 Å². The molecule has 0 saturated heterocycles. The van der Waals surface area contributed by atoms with Crippen molar-refractivity contribution in [2.45, 2.75) is 13.8 Å². The van der Waals surface area contributed by atoms with E-state index in [9.17, 15) is 13.6 Å². The Morgan fingerprint density at radius 3 is 2.39 bits per heavy atom. The Hall–Kier alpha value is -1.48. The van der Waals surface area contributed by atoms with Gasteiger partial charge in [0.15, 0.2) is 0 Å². The van der Waals surface area contributed by atoms with Crippen molar-refractivity contribution in [1.29, 1.82) is 5.26 Å². The summed E-state index contributed by atoms with van der Waals surface area (Å²) in [4.78, 5) is 11.6. The van der Waals surface area contributed by atoms with Gasteiger partial charge in [-0.1, -0.05) is 15.9 Å². The lowest BCUT2D eigenvalue weighted by atomic mass is 9.96. The van der Waals surface area contributed by atoms with Crippen molar-refractivity contribution in [2.24, 2.45) is 5.41 Å². The van der Waals surface area contributed by atoms with Crippen LogP contribution in [0.2, 0.25) is 0 Å². The van der Waals surface area contributed by atoms with Crippen LogP contribution in [0.4, 0.5) is 8.78 Å². The average molecular weight is 317 g/mol. The molecule has 18 heavy (non-hydrogen) atoms. The minimum atomic E-state index is -0.950. The van der Waals surface area contributed by atoms with Gasteiger partial charge in [-0.2, -0.15) is 5.26 Å². The Labute approximate surface area is 112 Å². The predicted octanol–water partition coefficient (Wildman–Crippen LogP) is 3.01. The SMILES string of the molecule is CC(C)(C#N)CNC(=O)c1c(F)cc(Br)cc1F. The number of halogens is 3. The highest BCUT2D eigenvalue weighted by Crippen LogP contribution is 2.20. The van der Waals surface area contributed by atoms with Crippen molar-refractivity contribution in [2.75, 3.05) is 6.54 Å². The van der Waals surface area contributed by atoms with Gasteiger partial charge in [0, 0.05) is 11.0 Å². The summed E-state index contributed by atoms with van der Waals surface area (Å²) in [5.41, 5.74) is -1.44. The Bertz CT molecular complexity index is 500. The Balaban J connectivity index is 2.90. The van der Waals surface area contributed by atoms with Crippen molar-refractivity contribution in [1.82, 2.24) is 5.32 Å². The van der Waals surface area contributed by atoms with Gasteiger partial charge in [-0.3, -0.25) is 4.79 Å². The molecule has 0 saturated carbocycles.